The molecule has 12 heteroatoms. The van der Waals surface area contributed by atoms with Gasteiger partial charge in [0.25, 0.3) is 5.91 Å². The molecule has 35 heavy (non-hydrogen) atoms. The molecule has 1 aliphatic rings. The second kappa shape index (κ2) is 8.85. The number of ketones is 1. The van der Waals surface area contributed by atoms with Gasteiger partial charge in [-0.3, -0.25) is 9.59 Å². The van der Waals surface area contributed by atoms with Crippen molar-refractivity contribution in [2.24, 2.45) is 7.05 Å². The Kier molecular flexibility index (Phi) is 6.33. The van der Waals surface area contributed by atoms with E-state index in [-0.39, 0.29) is 28.1 Å². The summed E-state index contributed by atoms with van der Waals surface area (Å²) in [4.78, 5) is 29.4. The van der Waals surface area contributed by atoms with Gasteiger partial charge in [0, 0.05) is 24.9 Å². The number of fused-ring (bicyclic) bond motifs is 1. The minimum absolute atomic E-state index is 0.0531. The summed E-state index contributed by atoms with van der Waals surface area (Å²) in [7, 11) is 1.40. The highest BCUT2D eigenvalue weighted by molar-refractivity contribution is 6.33. The molecule has 1 unspecified atom stereocenters. The molecule has 186 valence electrons. The maximum Gasteiger partial charge on any atom is 0.416 e. The van der Waals surface area contributed by atoms with E-state index in [9.17, 15) is 35.9 Å². The Morgan fingerprint density at radius 3 is 2.43 bits per heavy atom. The van der Waals surface area contributed by atoms with Gasteiger partial charge in [-0.15, -0.1) is 0 Å². The summed E-state index contributed by atoms with van der Waals surface area (Å²) >= 11 is 6.13. The number of halogens is 7. The van der Waals surface area contributed by atoms with Gasteiger partial charge >= 0.3 is 12.4 Å². The van der Waals surface area contributed by atoms with Crippen LogP contribution in [0, 0.1) is 0 Å². The van der Waals surface area contributed by atoms with Crippen LogP contribution in [0.15, 0.2) is 36.4 Å². The van der Waals surface area contributed by atoms with Crippen LogP contribution in [0.3, 0.4) is 0 Å². The summed E-state index contributed by atoms with van der Waals surface area (Å²) in [5, 5.41) is 2.93. The van der Waals surface area contributed by atoms with E-state index < -0.39 is 47.5 Å². The van der Waals surface area contributed by atoms with Crippen molar-refractivity contribution in [3.63, 3.8) is 0 Å². The van der Waals surface area contributed by atoms with Crippen molar-refractivity contribution in [3.05, 3.63) is 63.9 Å². The number of Topliss-reactive ketones (excluding diaryl/α,β-unsaturated/α-hetero) is 1. The SMILES string of the molecule is Cn1c(C(=O)CC(c2cccc(C(F)(F)F)c2)C(F)(F)F)cc2cc(C(=O)NC3CC3)c(Cl)nc21. The van der Waals surface area contributed by atoms with E-state index in [1.54, 1.807) is 0 Å². The fourth-order valence-corrected chi connectivity index (χ4v) is 4.01. The van der Waals surface area contributed by atoms with E-state index in [1.807, 2.05) is 0 Å². The molecule has 1 fully saturated rings. The number of carbonyl (C=O) groups is 2. The standard InChI is InChI=1S/C23H18ClF6N3O2/c1-33-17(9-12-8-15(19(24)32-20(12)33)21(35)31-14-5-6-14)18(34)10-16(23(28,29)30)11-3-2-4-13(7-11)22(25,26)27/h2-4,7-9,14,16H,5-6,10H2,1H3,(H,31,35). The van der Waals surface area contributed by atoms with Crippen molar-refractivity contribution in [1.29, 1.82) is 0 Å². The van der Waals surface area contributed by atoms with Crippen LogP contribution in [0.5, 0.6) is 0 Å². The molecular formula is C23H18ClF6N3O2. The number of nitrogens with one attached hydrogen (secondary N) is 1. The summed E-state index contributed by atoms with van der Waals surface area (Å²) in [6.07, 6.45) is -9.23. The quantitative estimate of drug-likeness (QED) is 0.246. The van der Waals surface area contributed by atoms with Crippen molar-refractivity contribution < 1.29 is 35.9 Å². The third-order valence-corrected chi connectivity index (χ3v) is 6.09. The average Bonchev–Trinajstić information content (AvgIpc) is 3.52. The number of hydrogen-bond acceptors (Lipinski definition) is 3. The number of rotatable bonds is 6. The van der Waals surface area contributed by atoms with E-state index in [0.29, 0.717) is 17.5 Å². The molecule has 1 saturated carbocycles. The van der Waals surface area contributed by atoms with Crippen LogP contribution >= 0.6 is 11.6 Å². The Bertz CT molecular complexity index is 1310. The van der Waals surface area contributed by atoms with Crippen molar-refractivity contribution >= 4 is 34.3 Å². The molecule has 1 aromatic carbocycles. The molecule has 2 aromatic heterocycles. The van der Waals surface area contributed by atoms with Gasteiger partial charge in [0.2, 0.25) is 0 Å². The third-order valence-electron chi connectivity index (χ3n) is 5.80. The van der Waals surface area contributed by atoms with Gasteiger partial charge in [-0.2, -0.15) is 26.3 Å². The predicted molar refractivity (Wildman–Crippen MR) is 115 cm³/mol. The van der Waals surface area contributed by atoms with Crippen molar-refractivity contribution in [2.75, 3.05) is 0 Å². The molecule has 0 spiro atoms. The molecule has 1 atom stereocenters. The van der Waals surface area contributed by atoms with Crippen molar-refractivity contribution in [1.82, 2.24) is 14.9 Å². The number of alkyl halides is 6. The molecule has 5 nitrogen and oxygen atoms in total. The van der Waals surface area contributed by atoms with Crippen LogP contribution in [-0.4, -0.2) is 33.5 Å². The number of aromatic nitrogens is 2. The summed E-state index contributed by atoms with van der Waals surface area (Å²) in [5.74, 6) is -3.86. The summed E-state index contributed by atoms with van der Waals surface area (Å²) in [5.41, 5.74) is -1.82. The Hall–Kier alpha value is -3.08. The first-order valence-corrected chi connectivity index (χ1v) is 10.9. The van der Waals surface area contributed by atoms with Crippen LogP contribution < -0.4 is 5.32 Å². The lowest BCUT2D eigenvalue weighted by Gasteiger charge is -2.21. The van der Waals surface area contributed by atoms with E-state index in [2.05, 4.69) is 10.3 Å². The molecular weight excluding hydrogens is 500 g/mol. The zero-order chi connectivity index (χ0) is 25.7. The second-order valence-corrected chi connectivity index (χ2v) is 8.78. The lowest BCUT2D eigenvalue weighted by Crippen LogP contribution is -2.25. The van der Waals surface area contributed by atoms with Gasteiger partial charge in [0.15, 0.2) is 5.78 Å². The normalized spacial score (nSPS) is 15.3. The summed E-state index contributed by atoms with van der Waals surface area (Å²) in [6, 6.07) is 5.58. The minimum Gasteiger partial charge on any atom is -0.349 e. The van der Waals surface area contributed by atoms with Crippen LogP contribution in [0.2, 0.25) is 5.15 Å². The third kappa shape index (κ3) is 5.29. The molecule has 1 N–H and O–H groups in total. The van der Waals surface area contributed by atoms with Gasteiger partial charge in [-0.1, -0.05) is 29.8 Å². The van der Waals surface area contributed by atoms with Gasteiger partial charge in [0.05, 0.1) is 22.7 Å². The number of hydrogen-bond donors (Lipinski definition) is 1. The molecule has 0 radical (unpaired) electrons. The smallest absolute Gasteiger partial charge is 0.349 e. The van der Waals surface area contributed by atoms with Gasteiger partial charge in [-0.05, 0) is 36.6 Å². The first-order chi connectivity index (χ1) is 16.3. The average molecular weight is 518 g/mol. The fourth-order valence-electron chi connectivity index (χ4n) is 3.79. The second-order valence-electron chi connectivity index (χ2n) is 8.42. The molecule has 0 aliphatic heterocycles. The van der Waals surface area contributed by atoms with E-state index in [4.69, 9.17) is 11.6 Å². The highest BCUT2D eigenvalue weighted by atomic mass is 35.5. The molecule has 2 heterocycles. The Morgan fingerprint density at radius 2 is 1.83 bits per heavy atom. The number of carbonyl (C=O) groups excluding carboxylic acids is 2. The number of amides is 1. The lowest BCUT2D eigenvalue weighted by atomic mass is 9.91. The first-order valence-electron chi connectivity index (χ1n) is 10.5. The Labute approximate surface area is 200 Å². The van der Waals surface area contributed by atoms with Crippen LogP contribution in [0.1, 0.15) is 57.2 Å². The molecule has 3 aromatic rings. The predicted octanol–water partition coefficient (Wildman–Crippen LogP) is 6.06. The molecule has 1 amide bonds. The highest BCUT2D eigenvalue weighted by Crippen LogP contribution is 2.40. The topological polar surface area (TPSA) is 64.0 Å². The monoisotopic (exact) mass is 517 g/mol. The Balaban J connectivity index is 1.66. The first kappa shape index (κ1) is 25.0. The number of benzene rings is 1. The van der Waals surface area contributed by atoms with Crippen molar-refractivity contribution in [3.8, 4) is 0 Å². The van der Waals surface area contributed by atoms with E-state index >= 15 is 0 Å². The lowest BCUT2D eigenvalue weighted by molar-refractivity contribution is -0.150. The van der Waals surface area contributed by atoms with Crippen molar-refractivity contribution in [2.45, 2.75) is 43.6 Å². The zero-order valence-corrected chi connectivity index (χ0v) is 18.9. The van der Waals surface area contributed by atoms with Gasteiger partial charge in [-0.25, -0.2) is 4.98 Å². The number of nitrogens with zero attached hydrogens (tertiary/aromatic N) is 2. The molecule has 0 bridgehead atoms. The number of pyridine rings is 1. The maximum absolute atomic E-state index is 13.8. The largest absolute Gasteiger partial charge is 0.416 e. The molecule has 1 aliphatic carbocycles. The summed E-state index contributed by atoms with van der Waals surface area (Å²) < 4.78 is 81.7. The Morgan fingerprint density at radius 1 is 1.14 bits per heavy atom. The maximum atomic E-state index is 13.8. The zero-order valence-electron chi connectivity index (χ0n) is 18.1. The number of aryl methyl sites for hydroxylation is 1. The van der Waals surface area contributed by atoms with Gasteiger partial charge in [0.1, 0.15) is 10.8 Å². The minimum atomic E-state index is -4.97. The fraction of sp³-hybridized carbons (Fsp3) is 0.348. The van der Waals surface area contributed by atoms with Crippen LogP contribution in [-0.2, 0) is 13.2 Å². The van der Waals surface area contributed by atoms with E-state index in [0.717, 1.165) is 25.0 Å². The van der Waals surface area contributed by atoms with E-state index in [1.165, 1.54) is 23.7 Å². The van der Waals surface area contributed by atoms with Crippen LogP contribution in [0.4, 0.5) is 26.3 Å². The summed E-state index contributed by atoms with van der Waals surface area (Å²) in [6.45, 7) is 0. The van der Waals surface area contributed by atoms with Gasteiger partial charge < -0.3 is 9.88 Å². The highest BCUT2D eigenvalue weighted by Gasteiger charge is 2.43. The molecule has 4 rings (SSSR count). The molecule has 0 saturated heterocycles. The van der Waals surface area contributed by atoms with Crippen LogP contribution in [0.25, 0.3) is 11.0 Å².